The van der Waals surface area contributed by atoms with Gasteiger partial charge in [-0.25, -0.2) is 0 Å². The zero-order chi connectivity index (χ0) is 22.0. The Bertz CT molecular complexity index is 1210. The molecule has 1 saturated heterocycles. The van der Waals surface area contributed by atoms with Crippen LogP contribution < -0.4 is 4.74 Å². The number of imide groups is 1. The van der Waals surface area contributed by atoms with Crippen molar-refractivity contribution in [2.24, 2.45) is 0 Å². The van der Waals surface area contributed by atoms with Gasteiger partial charge in [-0.3, -0.25) is 14.5 Å². The second kappa shape index (κ2) is 9.74. The van der Waals surface area contributed by atoms with Gasteiger partial charge in [-0.05, 0) is 97.1 Å². The smallest absolute Gasteiger partial charge is 0.293 e. The van der Waals surface area contributed by atoms with Gasteiger partial charge < -0.3 is 4.74 Å². The molecule has 4 rings (SSSR count). The molecule has 0 bridgehead atoms. The van der Waals surface area contributed by atoms with Crippen molar-refractivity contribution in [1.82, 2.24) is 4.90 Å². The summed E-state index contributed by atoms with van der Waals surface area (Å²) in [5, 5.41) is 2.10. The first kappa shape index (κ1) is 22.3. The molecule has 3 aromatic carbocycles. The SMILES string of the molecule is C=CCN1C(=O)S/C(=C/c2cc(I)c(OCc3cccc4ccccc34)c(I)c2)C1=O. The van der Waals surface area contributed by atoms with E-state index < -0.39 is 0 Å². The highest BCUT2D eigenvalue weighted by atomic mass is 127. The molecule has 7 heteroatoms. The van der Waals surface area contributed by atoms with Crippen molar-refractivity contribution in [1.29, 1.82) is 0 Å². The second-order valence-corrected chi connectivity index (χ2v) is 10.1. The maximum Gasteiger partial charge on any atom is 0.293 e. The quantitative estimate of drug-likeness (QED) is 0.166. The molecule has 1 fully saturated rings. The van der Waals surface area contributed by atoms with Gasteiger partial charge in [0.15, 0.2) is 0 Å². The summed E-state index contributed by atoms with van der Waals surface area (Å²) < 4.78 is 8.08. The molecule has 3 aromatic rings. The first-order valence-electron chi connectivity index (χ1n) is 9.42. The van der Waals surface area contributed by atoms with Crippen LogP contribution in [0.1, 0.15) is 11.1 Å². The van der Waals surface area contributed by atoms with Gasteiger partial charge in [0.2, 0.25) is 0 Å². The summed E-state index contributed by atoms with van der Waals surface area (Å²) in [6, 6.07) is 18.4. The van der Waals surface area contributed by atoms with E-state index in [-0.39, 0.29) is 17.7 Å². The summed E-state index contributed by atoms with van der Waals surface area (Å²) in [5.41, 5.74) is 1.99. The highest BCUT2D eigenvalue weighted by Crippen LogP contribution is 2.35. The summed E-state index contributed by atoms with van der Waals surface area (Å²) in [6.45, 7) is 4.29. The van der Waals surface area contributed by atoms with Crippen molar-refractivity contribution in [3.05, 3.63) is 90.4 Å². The standard InChI is InChI=1S/C24H17I2NO3S/c1-2-10-27-23(28)21(31-24(27)29)13-15-11-19(25)22(20(26)12-15)30-14-17-8-5-7-16-6-3-4-9-18(16)17/h2-9,11-13H,1,10,14H2/b21-13+. The Balaban J connectivity index is 1.56. The van der Waals surface area contributed by atoms with Crippen molar-refractivity contribution in [3.63, 3.8) is 0 Å². The predicted octanol–water partition coefficient (Wildman–Crippen LogP) is 6.85. The second-order valence-electron chi connectivity index (χ2n) is 6.82. The van der Waals surface area contributed by atoms with E-state index in [1.165, 1.54) is 15.7 Å². The van der Waals surface area contributed by atoms with Crippen LogP contribution in [0.4, 0.5) is 4.79 Å². The molecule has 1 aliphatic rings. The molecule has 4 nitrogen and oxygen atoms in total. The minimum atomic E-state index is -0.281. The van der Waals surface area contributed by atoms with E-state index in [1.807, 2.05) is 30.3 Å². The van der Waals surface area contributed by atoms with Crippen molar-refractivity contribution in [2.75, 3.05) is 6.54 Å². The van der Waals surface area contributed by atoms with E-state index in [4.69, 9.17) is 4.74 Å². The van der Waals surface area contributed by atoms with Crippen LogP contribution in [0.25, 0.3) is 16.8 Å². The summed E-state index contributed by atoms with van der Waals surface area (Å²) >= 11 is 5.44. The first-order chi connectivity index (χ1) is 15.0. The maximum absolute atomic E-state index is 12.5. The average molecular weight is 653 g/mol. The summed E-state index contributed by atoms with van der Waals surface area (Å²) in [7, 11) is 0. The number of thioether (sulfide) groups is 1. The number of carbonyl (C=O) groups is 2. The minimum absolute atomic E-state index is 0.220. The third-order valence-electron chi connectivity index (χ3n) is 4.76. The highest BCUT2D eigenvalue weighted by Gasteiger charge is 2.34. The number of nitrogens with zero attached hydrogens (tertiary/aromatic N) is 1. The molecule has 0 aliphatic carbocycles. The van der Waals surface area contributed by atoms with E-state index in [0.29, 0.717) is 11.5 Å². The van der Waals surface area contributed by atoms with E-state index in [2.05, 4.69) is 76.0 Å². The number of rotatable bonds is 6. The molecular weight excluding hydrogens is 636 g/mol. The predicted molar refractivity (Wildman–Crippen MR) is 143 cm³/mol. The summed E-state index contributed by atoms with van der Waals surface area (Å²) in [4.78, 5) is 26.1. The van der Waals surface area contributed by atoms with Crippen LogP contribution in [-0.4, -0.2) is 22.6 Å². The minimum Gasteiger partial charge on any atom is -0.487 e. The number of carbonyl (C=O) groups excluding carboxylic acids is 2. The number of hydrogen-bond donors (Lipinski definition) is 0. The van der Waals surface area contributed by atoms with Crippen molar-refractivity contribution in [2.45, 2.75) is 6.61 Å². The Morgan fingerprint density at radius 2 is 1.74 bits per heavy atom. The topological polar surface area (TPSA) is 46.6 Å². The maximum atomic E-state index is 12.5. The van der Waals surface area contributed by atoms with E-state index in [0.717, 1.165) is 35.8 Å². The van der Waals surface area contributed by atoms with E-state index in [9.17, 15) is 9.59 Å². The average Bonchev–Trinajstić information content (AvgIpc) is 3.01. The lowest BCUT2D eigenvalue weighted by Gasteiger charge is -2.13. The fourth-order valence-electron chi connectivity index (χ4n) is 3.31. The lowest BCUT2D eigenvalue weighted by atomic mass is 10.1. The third-order valence-corrected chi connectivity index (χ3v) is 7.27. The molecule has 0 spiro atoms. The Morgan fingerprint density at radius 3 is 2.48 bits per heavy atom. The van der Waals surface area contributed by atoms with Crippen LogP contribution in [0.15, 0.2) is 72.2 Å². The van der Waals surface area contributed by atoms with Gasteiger partial charge in [-0.1, -0.05) is 48.5 Å². The number of amides is 2. The molecule has 0 radical (unpaired) electrons. The van der Waals surface area contributed by atoms with E-state index in [1.54, 1.807) is 12.2 Å². The Hall–Kier alpha value is -1.85. The van der Waals surface area contributed by atoms with Gasteiger partial charge in [-0.2, -0.15) is 0 Å². The number of ether oxygens (including phenoxy) is 1. The molecule has 31 heavy (non-hydrogen) atoms. The van der Waals surface area contributed by atoms with Gasteiger partial charge in [0, 0.05) is 6.54 Å². The molecule has 1 heterocycles. The number of hydrogen-bond acceptors (Lipinski definition) is 4. The fourth-order valence-corrected chi connectivity index (χ4v) is 6.28. The number of fused-ring (bicyclic) bond motifs is 1. The monoisotopic (exact) mass is 653 g/mol. The molecule has 156 valence electrons. The summed E-state index contributed by atoms with van der Waals surface area (Å²) in [5.74, 6) is 0.530. The van der Waals surface area contributed by atoms with Gasteiger partial charge in [0.25, 0.3) is 11.1 Å². The van der Waals surface area contributed by atoms with Gasteiger partial charge in [0.1, 0.15) is 12.4 Å². The molecule has 0 atom stereocenters. The fraction of sp³-hybridized carbons (Fsp3) is 0.0833. The molecule has 2 amide bonds. The van der Waals surface area contributed by atoms with Gasteiger partial charge in [0.05, 0.1) is 12.0 Å². The first-order valence-corrected chi connectivity index (χ1v) is 12.4. The van der Waals surface area contributed by atoms with Crippen LogP contribution in [0, 0.1) is 7.14 Å². The molecule has 1 aliphatic heterocycles. The van der Waals surface area contributed by atoms with Crippen LogP contribution >= 0.6 is 56.9 Å². The highest BCUT2D eigenvalue weighted by molar-refractivity contribution is 14.1. The number of halogens is 2. The van der Waals surface area contributed by atoms with E-state index >= 15 is 0 Å². The normalized spacial score (nSPS) is 15.2. The molecule has 0 unspecified atom stereocenters. The van der Waals surface area contributed by atoms with Crippen LogP contribution in [0.2, 0.25) is 0 Å². The molecule has 0 saturated carbocycles. The third kappa shape index (κ3) is 4.83. The Morgan fingerprint density at radius 1 is 1.03 bits per heavy atom. The van der Waals surface area contributed by atoms with Crippen molar-refractivity contribution < 1.29 is 14.3 Å². The zero-order valence-corrected chi connectivity index (χ0v) is 21.4. The molecule has 0 N–H and O–H groups in total. The largest absolute Gasteiger partial charge is 0.487 e. The van der Waals surface area contributed by atoms with Gasteiger partial charge >= 0.3 is 0 Å². The van der Waals surface area contributed by atoms with Crippen LogP contribution in [0.5, 0.6) is 5.75 Å². The number of benzene rings is 3. The Labute approximate surface area is 212 Å². The van der Waals surface area contributed by atoms with Crippen molar-refractivity contribution >= 4 is 84.9 Å². The lowest BCUT2D eigenvalue weighted by molar-refractivity contribution is -0.122. The van der Waals surface area contributed by atoms with Crippen LogP contribution in [-0.2, 0) is 11.4 Å². The lowest BCUT2D eigenvalue weighted by Crippen LogP contribution is -2.27. The van der Waals surface area contributed by atoms with Gasteiger partial charge in [-0.15, -0.1) is 6.58 Å². The van der Waals surface area contributed by atoms with Crippen LogP contribution in [0.3, 0.4) is 0 Å². The molecular formula is C24H17I2NO3S. The molecule has 0 aromatic heterocycles. The summed E-state index contributed by atoms with van der Waals surface area (Å²) in [6.07, 6.45) is 3.31. The van der Waals surface area contributed by atoms with Crippen molar-refractivity contribution in [3.8, 4) is 5.75 Å². The Kier molecular flexibility index (Phi) is 7.02. The zero-order valence-electron chi connectivity index (χ0n) is 16.3.